The highest BCUT2D eigenvalue weighted by atomic mass is 19.4. The Bertz CT molecular complexity index is 852. The summed E-state index contributed by atoms with van der Waals surface area (Å²) in [6.07, 6.45) is -3.35. The summed E-state index contributed by atoms with van der Waals surface area (Å²) in [5.74, 6) is -0.924. The van der Waals surface area contributed by atoms with E-state index in [1.807, 2.05) is 0 Å². The lowest BCUT2D eigenvalue weighted by Gasteiger charge is -2.16. The highest BCUT2D eigenvalue weighted by molar-refractivity contribution is 6.31. The van der Waals surface area contributed by atoms with E-state index >= 15 is 0 Å². The lowest BCUT2D eigenvalue weighted by molar-refractivity contribution is -0.137. The molecule has 8 heteroatoms. The molecule has 1 aliphatic heterocycles. The van der Waals surface area contributed by atoms with E-state index in [9.17, 15) is 22.8 Å². The average Bonchev–Trinajstić information content (AvgIpc) is 3.05. The SMILES string of the molecule is [CH2]c1ccc(/C=C2\C(=O)NN(c3cccc(C(F)(F)F)c3)C2=O)o1. The van der Waals surface area contributed by atoms with Crippen LogP contribution in [0.5, 0.6) is 0 Å². The first kappa shape index (κ1) is 15.9. The molecule has 1 aromatic heterocycles. The molecule has 24 heavy (non-hydrogen) atoms. The molecule has 0 aliphatic carbocycles. The lowest BCUT2D eigenvalue weighted by atomic mass is 10.1. The molecule has 2 amide bonds. The molecule has 0 atom stereocenters. The number of furan rings is 1. The van der Waals surface area contributed by atoms with Gasteiger partial charge in [0.2, 0.25) is 0 Å². The number of rotatable bonds is 2. The standard InChI is InChI=1S/C16H10F3N2O3/c1-9-5-6-12(24-9)8-13-14(22)20-21(15(13)23)11-4-2-3-10(7-11)16(17,18)19/h2-8H,1H2,(H,20,22)/b13-8+. The van der Waals surface area contributed by atoms with Crippen molar-refractivity contribution in [3.05, 3.63) is 66.0 Å². The summed E-state index contributed by atoms with van der Waals surface area (Å²) in [5, 5.41) is 0.761. The molecular weight excluding hydrogens is 325 g/mol. The van der Waals surface area contributed by atoms with Crippen LogP contribution >= 0.6 is 0 Å². The minimum atomic E-state index is -4.56. The Balaban J connectivity index is 1.93. The van der Waals surface area contributed by atoms with Crippen molar-refractivity contribution in [1.29, 1.82) is 0 Å². The molecule has 5 nitrogen and oxygen atoms in total. The first-order valence-electron chi connectivity index (χ1n) is 6.72. The molecule has 0 unspecified atom stereocenters. The fourth-order valence-electron chi connectivity index (χ4n) is 2.17. The Hall–Kier alpha value is -3.03. The molecule has 0 spiro atoms. The van der Waals surface area contributed by atoms with Crippen LogP contribution in [-0.2, 0) is 15.8 Å². The zero-order chi connectivity index (χ0) is 17.5. The molecule has 1 fully saturated rings. The van der Waals surface area contributed by atoms with Crippen molar-refractivity contribution in [2.75, 3.05) is 5.01 Å². The van der Waals surface area contributed by atoms with Crippen LogP contribution in [0.25, 0.3) is 6.08 Å². The minimum absolute atomic E-state index is 0.0936. The first-order valence-corrected chi connectivity index (χ1v) is 6.72. The van der Waals surface area contributed by atoms with Crippen LogP contribution in [0.2, 0.25) is 0 Å². The largest absolute Gasteiger partial charge is 0.462 e. The Kier molecular flexibility index (Phi) is 3.67. The van der Waals surface area contributed by atoms with Crippen LogP contribution < -0.4 is 10.4 Å². The van der Waals surface area contributed by atoms with Crippen LogP contribution in [0.1, 0.15) is 17.1 Å². The summed E-state index contributed by atoms with van der Waals surface area (Å²) in [5.41, 5.74) is 0.962. The third-order valence-corrected chi connectivity index (χ3v) is 3.29. The highest BCUT2D eigenvalue weighted by Crippen LogP contribution is 2.32. The summed E-state index contributed by atoms with van der Waals surface area (Å²) in [4.78, 5) is 24.3. The zero-order valence-electron chi connectivity index (χ0n) is 12.1. The molecule has 3 rings (SSSR count). The van der Waals surface area contributed by atoms with Crippen molar-refractivity contribution < 1.29 is 27.2 Å². The number of carbonyl (C=O) groups is 2. The maximum absolute atomic E-state index is 12.8. The highest BCUT2D eigenvalue weighted by Gasteiger charge is 2.36. The lowest BCUT2D eigenvalue weighted by Crippen LogP contribution is -2.35. The second-order valence-corrected chi connectivity index (χ2v) is 4.99. The van der Waals surface area contributed by atoms with E-state index in [0.717, 1.165) is 23.2 Å². The number of nitrogens with zero attached hydrogens (tertiary/aromatic N) is 1. The fraction of sp³-hybridized carbons (Fsp3) is 0.0625. The van der Waals surface area contributed by atoms with Gasteiger partial charge in [0, 0.05) is 6.92 Å². The molecule has 0 saturated carbocycles. The summed E-state index contributed by atoms with van der Waals surface area (Å²) >= 11 is 0. The maximum Gasteiger partial charge on any atom is 0.416 e. The van der Waals surface area contributed by atoms with Gasteiger partial charge in [-0.15, -0.1) is 0 Å². The van der Waals surface area contributed by atoms with Gasteiger partial charge < -0.3 is 4.42 Å². The zero-order valence-corrected chi connectivity index (χ0v) is 12.1. The molecule has 123 valence electrons. The van der Waals surface area contributed by atoms with E-state index in [4.69, 9.17) is 4.42 Å². The molecule has 1 aliphatic rings. The molecular formula is C16H10F3N2O3. The van der Waals surface area contributed by atoms with Gasteiger partial charge in [0.25, 0.3) is 11.8 Å². The van der Waals surface area contributed by atoms with Gasteiger partial charge >= 0.3 is 6.18 Å². The van der Waals surface area contributed by atoms with Gasteiger partial charge in [-0.05, 0) is 36.4 Å². The molecule has 1 radical (unpaired) electrons. The normalized spacial score (nSPS) is 16.8. The number of carbonyl (C=O) groups excluding carboxylic acids is 2. The number of amides is 2. The van der Waals surface area contributed by atoms with E-state index in [2.05, 4.69) is 12.3 Å². The molecule has 2 aromatic rings. The van der Waals surface area contributed by atoms with Gasteiger partial charge in [0.05, 0.1) is 11.3 Å². The van der Waals surface area contributed by atoms with Crippen molar-refractivity contribution in [3.63, 3.8) is 0 Å². The quantitative estimate of drug-likeness (QED) is 0.678. The number of alkyl halides is 3. The first-order chi connectivity index (χ1) is 11.3. The Morgan fingerprint density at radius 3 is 2.54 bits per heavy atom. The minimum Gasteiger partial charge on any atom is -0.462 e. The molecule has 2 heterocycles. The topological polar surface area (TPSA) is 62.6 Å². The number of halogens is 3. The van der Waals surface area contributed by atoms with Gasteiger partial charge in [0.1, 0.15) is 17.1 Å². The predicted molar refractivity (Wildman–Crippen MR) is 78.2 cm³/mol. The van der Waals surface area contributed by atoms with Crippen LogP contribution in [0, 0.1) is 6.92 Å². The monoisotopic (exact) mass is 335 g/mol. The van der Waals surface area contributed by atoms with E-state index in [1.165, 1.54) is 18.2 Å². The van der Waals surface area contributed by atoms with Crippen LogP contribution in [0.15, 0.2) is 46.4 Å². The Morgan fingerprint density at radius 2 is 1.92 bits per heavy atom. The van der Waals surface area contributed by atoms with Gasteiger partial charge in [-0.2, -0.15) is 13.2 Å². The van der Waals surface area contributed by atoms with E-state index in [0.29, 0.717) is 5.76 Å². The summed E-state index contributed by atoms with van der Waals surface area (Å²) < 4.78 is 43.5. The van der Waals surface area contributed by atoms with Crippen LogP contribution in [-0.4, -0.2) is 11.8 Å². The van der Waals surface area contributed by atoms with Gasteiger partial charge in [-0.25, -0.2) is 5.01 Å². The van der Waals surface area contributed by atoms with Crippen LogP contribution in [0.3, 0.4) is 0 Å². The van der Waals surface area contributed by atoms with Crippen LogP contribution in [0.4, 0.5) is 18.9 Å². The number of anilines is 1. The number of nitrogens with one attached hydrogen (secondary N) is 1. The molecule has 1 aromatic carbocycles. The summed E-state index contributed by atoms with van der Waals surface area (Å²) in [7, 11) is 0. The number of hydrogen-bond acceptors (Lipinski definition) is 3. The second-order valence-electron chi connectivity index (χ2n) is 4.99. The molecule has 1 N–H and O–H groups in total. The van der Waals surface area contributed by atoms with E-state index in [1.54, 1.807) is 6.07 Å². The predicted octanol–water partition coefficient (Wildman–Crippen LogP) is 2.94. The molecule has 1 saturated heterocycles. The third kappa shape index (κ3) is 2.90. The van der Waals surface area contributed by atoms with Crippen molar-refractivity contribution in [3.8, 4) is 0 Å². The Labute approximate surface area is 134 Å². The van der Waals surface area contributed by atoms with Crippen molar-refractivity contribution in [2.45, 2.75) is 6.18 Å². The maximum atomic E-state index is 12.8. The van der Waals surface area contributed by atoms with Gasteiger partial charge in [-0.3, -0.25) is 15.0 Å². The Morgan fingerprint density at radius 1 is 1.17 bits per heavy atom. The van der Waals surface area contributed by atoms with Gasteiger partial charge in [-0.1, -0.05) is 6.07 Å². The number of benzene rings is 1. The summed E-state index contributed by atoms with van der Waals surface area (Å²) in [6, 6.07) is 7.17. The molecule has 0 bridgehead atoms. The van der Waals surface area contributed by atoms with Gasteiger partial charge in [0.15, 0.2) is 0 Å². The van der Waals surface area contributed by atoms with Crippen molar-refractivity contribution in [2.24, 2.45) is 0 Å². The smallest absolute Gasteiger partial charge is 0.416 e. The fourth-order valence-corrected chi connectivity index (χ4v) is 2.17. The van der Waals surface area contributed by atoms with Crippen molar-refractivity contribution in [1.82, 2.24) is 5.43 Å². The summed E-state index contributed by atoms with van der Waals surface area (Å²) in [6.45, 7) is 3.55. The third-order valence-electron chi connectivity index (χ3n) is 3.29. The van der Waals surface area contributed by atoms with E-state index in [-0.39, 0.29) is 17.0 Å². The number of hydrazine groups is 1. The second kappa shape index (κ2) is 5.55. The average molecular weight is 335 g/mol. The van der Waals surface area contributed by atoms with E-state index < -0.39 is 23.6 Å². The van der Waals surface area contributed by atoms with Crippen molar-refractivity contribution >= 4 is 23.6 Å². The number of hydrogen-bond donors (Lipinski definition) is 1.